The summed E-state index contributed by atoms with van der Waals surface area (Å²) in [5, 5.41) is 40.2. The van der Waals surface area contributed by atoms with Crippen LogP contribution in [0.1, 0.15) is 38.3 Å². The maximum Gasteiger partial charge on any atom is 0.238 e. The summed E-state index contributed by atoms with van der Waals surface area (Å²) in [5.41, 5.74) is 2.84. The van der Waals surface area contributed by atoms with E-state index < -0.39 is 70.1 Å². The Bertz CT molecular complexity index is 1430. The summed E-state index contributed by atoms with van der Waals surface area (Å²) in [7, 11) is 6.56. The van der Waals surface area contributed by atoms with Gasteiger partial charge in [0.15, 0.2) is 23.1 Å². The number of nitrogens with zero attached hydrogens (tertiary/aromatic N) is 2. The smallest absolute Gasteiger partial charge is 0.238 e. The molecule has 4 rings (SSSR count). The third-order valence-electron chi connectivity index (χ3n) is 8.37. The number of benzene rings is 1. The van der Waals surface area contributed by atoms with Crippen LogP contribution < -0.4 is 21.3 Å². The van der Waals surface area contributed by atoms with E-state index in [2.05, 4.69) is 10.6 Å². The van der Waals surface area contributed by atoms with Crippen molar-refractivity contribution in [2.24, 2.45) is 23.5 Å². The van der Waals surface area contributed by atoms with Gasteiger partial charge in [-0.25, -0.2) is 0 Å². The number of nitrogens with two attached hydrogens (primary N) is 1. The molecule has 2 fully saturated rings. The maximum absolute atomic E-state index is 14.0. The number of likely N-dealkylation sites (N-methyl/N-ethyl adjacent to an activating group) is 1. The largest absolute Gasteiger partial charge is 0.507 e. The number of ketones is 3. The number of aromatic hydroxyl groups is 1. The molecule has 0 saturated heterocycles. The van der Waals surface area contributed by atoms with Crippen molar-refractivity contribution >= 4 is 46.3 Å². The van der Waals surface area contributed by atoms with Gasteiger partial charge < -0.3 is 36.6 Å². The molecule has 7 N–H and O–H groups in total. The van der Waals surface area contributed by atoms with Gasteiger partial charge in [0.2, 0.25) is 17.6 Å². The molecule has 3 aliphatic carbocycles. The molecule has 0 aromatic heterocycles. The number of amides is 2. The number of phenolic OH excluding ortho intramolecular Hbond substituents is 1. The first-order chi connectivity index (χ1) is 19.3. The Labute approximate surface area is 243 Å². The molecule has 0 heterocycles. The summed E-state index contributed by atoms with van der Waals surface area (Å²) in [6.07, 6.45) is 0.0766. The highest BCUT2D eigenvalue weighted by Gasteiger charge is 2.67. The first-order valence-electron chi connectivity index (χ1n) is 13.7. The summed E-state index contributed by atoms with van der Waals surface area (Å²) in [6.45, 7) is 5.61. The van der Waals surface area contributed by atoms with Crippen molar-refractivity contribution in [1.82, 2.24) is 10.2 Å². The van der Waals surface area contributed by atoms with Crippen LogP contribution in [0.2, 0.25) is 0 Å². The van der Waals surface area contributed by atoms with Gasteiger partial charge in [-0.05, 0) is 65.3 Å². The van der Waals surface area contributed by atoms with Gasteiger partial charge >= 0.3 is 0 Å². The van der Waals surface area contributed by atoms with Crippen molar-refractivity contribution < 1.29 is 39.3 Å². The summed E-state index contributed by atoms with van der Waals surface area (Å²) >= 11 is 0. The quantitative estimate of drug-likeness (QED) is 0.189. The summed E-state index contributed by atoms with van der Waals surface area (Å²) in [4.78, 5) is 68.7. The number of rotatable bonds is 6. The number of carbonyl (C=O) groups excluding carboxylic acids is 5. The van der Waals surface area contributed by atoms with Gasteiger partial charge in [-0.1, -0.05) is 0 Å². The van der Waals surface area contributed by atoms with Crippen LogP contribution >= 0.6 is 0 Å². The van der Waals surface area contributed by atoms with Gasteiger partial charge in [0.25, 0.3) is 0 Å². The zero-order valence-electron chi connectivity index (χ0n) is 24.9. The molecule has 2 saturated carbocycles. The van der Waals surface area contributed by atoms with Gasteiger partial charge in [-0.2, -0.15) is 0 Å². The number of aliphatic hydroxyl groups is 2. The number of nitrogens with one attached hydrogen (secondary N) is 2. The van der Waals surface area contributed by atoms with Crippen LogP contribution in [0.5, 0.6) is 5.75 Å². The van der Waals surface area contributed by atoms with E-state index in [-0.39, 0.29) is 41.7 Å². The van der Waals surface area contributed by atoms with Crippen molar-refractivity contribution in [2.75, 3.05) is 45.0 Å². The van der Waals surface area contributed by atoms with Crippen LogP contribution in [0.3, 0.4) is 0 Å². The number of hydrogen-bond acceptors (Lipinski definition) is 11. The van der Waals surface area contributed by atoms with E-state index in [1.165, 1.54) is 19.0 Å². The number of phenols is 1. The molecule has 0 spiro atoms. The van der Waals surface area contributed by atoms with Crippen LogP contribution in [-0.2, 0) is 30.4 Å². The molecule has 0 bridgehead atoms. The second-order valence-electron chi connectivity index (χ2n) is 12.8. The monoisotopic (exact) mass is 585 g/mol. The highest BCUT2D eigenvalue weighted by Crippen LogP contribution is 2.53. The number of carbonyl (C=O) groups is 5. The fraction of sp³-hybridized carbons (Fsp3) is 0.552. The lowest BCUT2D eigenvalue weighted by Gasteiger charge is -2.51. The maximum atomic E-state index is 14.0. The van der Waals surface area contributed by atoms with Crippen LogP contribution in [0, 0.1) is 17.8 Å². The topological polar surface area (TPSA) is 203 Å². The number of Topliss-reactive ketones (excluding diaryl/α,β-unsaturated/α-hetero) is 3. The fourth-order valence-electron chi connectivity index (χ4n) is 6.47. The molecular weight excluding hydrogens is 546 g/mol. The van der Waals surface area contributed by atoms with Gasteiger partial charge in [0.1, 0.15) is 11.5 Å². The lowest BCUT2D eigenvalue weighted by atomic mass is 9.55. The first kappa shape index (κ1) is 31.1. The molecule has 3 aliphatic rings. The number of anilines is 2. The molecule has 13 heteroatoms. The predicted molar refractivity (Wildman–Crippen MR) is 154 cm³/mol. The molecule has 228 valence electrons. The minimum absolute atomic E-state index is 0.00981. The number of hydrogen-bond donors (Lipinski definition) is 6. The SMILES string of the molecule is CN(C)c1cc(NC(=O)CNC(C)(C)C)c(O)c2c1C[C@H]1C[C@H]3[C@H](N(C)C)C(=O)C(C(N)=O)C(=O)[C@@]3(O)C(=O)C1=C2O. The molecule has 5 atom stereocenters. The van der Waals surface area contributed by atoms with Crippen LogP contribution in [0.15, 0.2) is 11.6 Å². The minimum atomic E-state index is -2.80. The van der Waals surface area contributed by atoms with E-state index in [0.29, 0.717) is 11.3 Å². The fourth-order valence-corrected chi connectivity index (χ4v) is 6.47. The van der Waals surface area contributed by atoms with Crippen LogP contribution in [-0.4, -0.2) is 101 Å². The third-order valence-corrected chi connectivity index (χ3v) is 8.37. The molecular formula is C29H39N5O8. The van der Waals surface area contributed by atoms with Gasteiger partial charge in [0.05, 0.1) is 23.8 Å². The van der Waals surface area contributed by atoms with E-state index in [4.69, 9.17) is 5.73 Å². The van der Waals surface area contributed by atoms with Crippen LogP contribution in [0.25, 0.3) is 5.76 Å². The van der Waals surface area contributed by atoms with Gasteiger partial charge in [-0.15, -0.1) is 0 Å². The van der Waals surface area contributed by atoms with E-state index in [1.807, 2.05) is 20.8 Å². The Morgan fingerprint density at radius 2 is 1.74 bits per heavy atom. The Hall–Kier alpha value is -3.81. The number of fused-ring (bicyclic) bond motifs is 3. The van der Waals surface area contributed by atoms with E-state index in [1.54, 1.807) is 25.1 Å². The second-order valence-corrected chi connectivity index (χ2v) is 12.8. The van der Waals surface area contributed by atoms with Crippen molar-refractivity contribution in [3.8, 4) is 5.75 Å². The highest BCUT2D eigenvalue weighted by molar-refractivity contribution is 6.32. The second kappa shape index (κ2) is 10.5. The third kappa shape index (κ3) is 4.84. The summed E-state index contributed by atoms with van der Waals surface area (Å²) < 4.78 is 0. The van der Waals surface area contributed by atoms with Gasteiger partial charge in [-0.3, -0.25) is 28.9 Å². The standard InChI is InChI=1S/C29H39N5O8/c1-28(2,3)31-11-17(35)32-15-10-16(33(4)5)13-8-12-9-14-21(34(6)7)24(38)20(27(30)41)26(40)29(14,42)25(39)18(12)23(37)19(13)22(15)36/h10,12,14,20-21,31,36-37,42H,8-9,11H2,1-7H3,(H2,30,41)(H,32,35)/t12-,14-,20?,21-,29-/m0/s1. The van der Waals surface area contributed by atoms with Crippen molar-refractivity contribution in [3.05, 3.63) is 22.8 Å². The Morgan fingerprint density at radius 1 is 1.12 bits per heavy atom. The molecule has 2 amide bonds. The normalized spacial score (nSPS) is 27.4. The molecule has 0 aliphatic heterocycles. The van der Waals surface area contributed by atoms with Crippen LogP contribution in [0.4, 0.5) is 11.4 Å². The lowest BCUT2D eigenvalue weighted by Crippen LogP contribution is -2.72. The predicted octanol–water partition coefficient (Wildman–Crippen LogP) is -0.270. The van der Waals surface area contributed by atoms with E-state index in [9.17, 15) is 39.3 Å². The van der Waals surface area contributed by atoms with Gasteiger partial charge in [0, 0.05) is 36.8 Å². The summed E-state index contributed by atoms with van der Waals surface area (Å²) in [5.74, 6) is -10.1. The zero-order chi connectivity index (χ0) is 31.6. The van der Waals surface area contributed by atoms with Crippen molar-refractivity contribution in [2.45, 2.75) is 50.8 Å². The number of primary amides is 1. The Balaban J connectivity index is 1.86. The first-order valence-corrected chi connectivity index (χ1v) is 13.7. The van der Waals surface area contributed by atoms with Crippen molar-refractivity contribution in [3.63, 3.8) is 0 Å². The molecule has 1 aromatic carbocycles. The zero-order valence-corrected chi connectivity index (χ0v) is 24.9. The molecule has 1 aromatic rings. The Morgan fingerprint density at radius 3 is 2.26 bits per heavy atom. The summed E-state index contributed by atoms with van der Waals surface area (Å²) in [6, 6.07) is 0.399. The molecule has 13 nitrogen and oxygen atoms in total. The van der Waals surface area contributed by atoms with E-state index >= 15 is 0 Å². The van der Waals surface area contributed by atoms with E-state index in [0.717, 1.165) is 0 Å². The number of aliphatic hydroxyl groups excluding tert-OH is 1. The molecule has 1 unspecified atom stereocenters. The highest BCUT2D eigenvalue weighted by atomic mass is 16.3. The van der Waals surface area contributed by atoms with Crippen molar-refractivity contribution in [1.29, 1.82) is 0 Å². The average Bonchev–Trinajstić information content (AvgIpc) is 2.85. The lowest BCUT2D eigenvalue weighted by molar-refractivity contribution is -0.175. The average molecular weight is 586 g/mol. The molecule has 0 radical (unpaired) electrons. The minimum Gasteiger partial charge on any atom is -0.507 e. The molecule has 42 heavy (non-hydrogen) atoms. The Kier molecular flexibility index (Phi) is 7.76.